The second kappa shape index (κ2) is 7.63. The summed E-state index contributed by atoms with van der Waals surface area (Å²) in [6, 6.07) is 6.90. The lowest BCUT2D eigenvalue weighted by atomic mass is 10.1. The van der Waals surface area contributed by atoms with E-state index in [1.54, 1.807) is 38.3 Å². The lowest BCUT2D eigenvalue weighted by Crippen LogP contribution is -2.23. The average Bonchev–Trinajstić information content (AvgIpc) is 2.91. The standard InChI is InChI=1S/C17H20N2O5/c1-5-24-11(2)16-14(10-15(20)23-4)18-19(17(16)21)12-6-8-13(22-3)9-7-12/h6-9H,5,10H2,1-4H3/b16-11-. The van der Waals surface area contributed by atoms with E-state index in [1.807, 2.05) is 6.92 Å². The van der Waals surface area contributed by atoms with Crippen LogP contribution < -0.4 is 9.75 Å². The van der Waals surface area contributed by atoms with Crippen LogP contribution in [0.2, 0.25) is 0 Å². The zero-order valence-electron chi connectivity index (χ0n) is 14.2. The molecular weight excluding hydrogens is 312 g/mol. The monoisotopic (exact) mass is 332 g/mol. The molecule has 0 saturated carbocycles. The minimum absolute atomic E-state index is 0.103. The van der Waals surface area contributed by atoms with E-state index in [2.05, 4.69) is 9.84 Å². The molecule has 0 fully saturated rings. The van der Waals surface area contributed by atoms with Gasteiger partial charge in [-0.15, -0.1) is 0 Å². The fourth-order valence-corrected chi connectivity index (χ4v) is 2.32. The number of esters is 1. The van der Waals surface area contributed by atoms with Gasteiger partial charge in [-0.25, -0.2) is 0 Å². The van der Waals surface area contributed by atoms with Crippen molar-refractivity contribution in [2.24, 2.45) is 5.10 Å². The van der Waals surface area contributed by atoms with Gasteiger partial charge in [0.2, 0.25) is 0 Å². The Kier molecular flexibility index (Phi) is 5.57. The van der Waals surface area contributed by atoms with E-state index >= 15 is 0 Å². The Balaban J connectivity index is 2.40. The first kappa shape index (κ1) is 17.5. The van der Waals surface area contributed by atoms with Crippen molar-refractivity contribution in [1.82, 2.24) is 0 Å². The first-order valence-corrected chi connectivity index (χ1v) is 7.48. The molecule has 0 N–H and O–H groups in total. The van der Waals surface area contributed by atoms with Gasteiger partial charge in [0.25, 0.3) is 5.91 Å². The number of hydrogen-bond acceptors (Lipinski definition) is 6. The van der Waals surface area contributed by atoms with E-state index in [9.17, 15) is 9.59 Å². The molecule has 0 spiro atoms. The number of carbonyl (C=O) groups excluding carboxylic acids is 2. The van der Waals surface area contributed by atoms with Gasteiger partial charge in [0.15, 0.2) is 0 Å². The van der Waals surface area contributed by atoms with Gasteiger partial charge >= 0.3 is 5.97 Å². The first-order valence-electron chi connectivity index (χ1n) is 7.48. The molecular formula is C17H20N2O5. The summed E-state index contributed by atoms with van der Waals surface area (Å²) in [5.41, 5.74) is 1.19. The molecule has 7 nitrogen and oxygen atoms in total. The summed E-state index contributed by atoms with van der Waals surface area (Å²) in [5.74, 6) is 0.288. The number of hydrazone groups is 1. The lowest BCUT2D eigenvalue weighted by Gasteiger charge is -2.13. The van der Waals surface area contributed by atoms with Gasteiger partial charge in [-0.2, -0.15) is 10.1 Å². The highest BCUT2D eigenvalue weighted by molar-refractivity contribution is 6.32. The first-order chi connectivity index (χ1) is 11.5. The molecule has 1 aliphatic rings. The molecule has 1 aromatic rings. The van der Waals surface area contributed by atoms with Gasteiger partial charge in [0.1, 0.15) is 17.1 Å². The third-order valence-electron chi connectivity index (χ3n) is 3.48. The highest BCUT2D eigenvalue weighted by Crippen LogP contribution is 2.28. The SMILES string of the molecule is CCO/C(C)=C1\C(=O)N(c2ccc(OC)cc2)N=C1CC(=O)OC. The minimum Gasteiger partial charge on any atom is -0.498 e. The number of amides is 1. The number of methoxy groups -OCH3 is 2. The van der Waals surface area contributed by atoms with Gasteiger partial charge in [-0.05, 0) is 38.1 Å². The van der Waals surface area contributed by atoms with Crippen molar-refractivity contribution in [3.05, 3.63) is 35.6 Å². The van der Waals surface area contributed by atoms with E-state index in [-0.39, 0.29) is 17.9 Å². The summed E-state index contributed by atoms with van der Waals surface area (Å²) in [4.78, 5) is 24.4. The van der Waals surface area contributed by atoms with Crippen LogP contribution in [0.15, 0.2) is 40.7 Å². The molecule has 2 rings (SSSR count). The number of rotatable bonds is 6. The Bertz CT molecular complexity index is 691. The smallest absolute Gasteiger partial charge is 0.311 e. The minimum atomic E-state index is -0.472. The summed E-state index contributed by atoms with van der Waals surface area (Å²) >= 11 is 0. The van der Waals surface area contributed by atoms with Gasteiger partial charge in [-0.3, -0.25) is 9.59 Å². The predicted octanol–water partition coefficient (Wildman–Crippen LogP) is 2.27. The highest BCUT2D eigenvalue weighted by Gasteiger charge is 2.34. The molecule has 0 aliphatic carbocycles. The number of hydrogen-bond donors (Lipinski definition) is 0. The molecule has 128 valence electrons. The average molecular weight is 332 g/mol. The van der Waals surface area contributed by atoms with E-state index in [4.69, 9.17) is 9.47 Å². The quantitative estimate of drug-likeness (QED) is 0.454. The van der Waals surface area contributed by atoms with Crippen molar-refractivity contribution in [2.45, 2.75) is 20.3 Å². The Hall–Kier alpha value is -2.83. The zero-order valence-corrected chi connectivity index (χ0v) is 14.2. The van der Waals surface area contributed by atoms with Crippen LogP contribution in [0.3, 0.4) is 0 Å². The van der Waals surface area contributed by atoms with E-state index in [1.165, 1.54) is 12.1 Å². The van der Waals surface area contributed by atoms with Crippen molar-refractivity contribution < 1.29 is 23.8 Å². The predicted molar refractivity (Wildman–Crippen MR) is 88.9 cm³/mol. The summed E-state index contributed by atoms with van der Waals surface area (Å²) in [6.45, 7) is 3.92. The number of anilines is 1. The van der Waals surface area contributed by atoms with Crippen molar-refractivity contribution in [1.29, 1.82) is 0 Å². The summed E-state index contributed by atoms with van der Waals surface area (Å²) in [5, 5.41) is 5.53. The van der Waals surface area contributed by atoms with Gasteiger partial charge in [-0.1, -0.05) is 0 Å². The van der Waals surface area contributed by atoms with Crippen LogP contribution in [0.25, 0.3) is 0 Å². The molecule has 0 atom stereocenters. The van der Waals surface area contributed by atoms with Crippen LogP contribution in [0, 0.1) is 0 Å². The van der Waals surface area contributed by atoms with Crippen molar-refractivity contribution in [3.8, 4) is 5.75 Å². The van der Waals surface area contributed by atoms with Crippen LogP contribution in [0.4, 0.5) is 5.69 Å². The molecule has 7 heteroatoms. The molecule has 0 unspecified atom stereocenters. The summed E-state index contributed by atoms with van der Waals surface area (Å²) < 4.78 is 15.2. The number of carbonyl (C=O) groups is 2. The maximum atomic E-state index is 12.7. The number of nitrogens with zero attached hydrogens (tertiary/aromatic N) is 2. The topological polar surface area (TPSA) is 77.4 Å². The van der Waals surface area contributed by atoms with Crippen LogP contribution in [-0.2, 0) is 19.1 Å². The fraction of sp³-hybridized carbons (Fsp3) is 0.353. The number of allylic oxidation sites excluding steroid dienone is 1. The second-order valence-corrected chi connectivity index (χ2v) is 4.98. The normalized spacial score (nSPS) is 15.9. The molecule has 24 heavy (non-hydrogen) atoms. The molecule has 0 bridgehead atoms. The zero-order chi connectivity index (χ0) is 17.7. The van der Waals surface area contributed by atoms with Gasteiger partial charge < -0.3 is 14.2 Å². The fourth-order valence-electron chi connectivity index (χ4n) is 2.32. The number of ether oxygens (including phenoxy) is 3. The maximum absolute atomic E-state index is 12.7. The maximum Gasteiger partial charge on any atom is 0.311 e. The van der Waals surface area contributed by atoms with Crippen molar-refractivity contribution in [2.75, 3.05) is 25.8 Å². The van der Waals surface area contributed by atoms with Crippen molar-refractivity contribution >= 4 is 23.3 Å². The lowest BCUT2D eigenvalue weighted by molar-refractivity contribution is -0.139. The molecule has 1 heterocycles. The summed E-state index contributed by atoms with van der Waals surface area (Å²) in [6.07, 6.45) is -0.103. The van der Waals surface area contributed by atoms with Crippen LogP contribution >= 0.6 is 0 Å². The van der Waals surface area contributed by atoms with E-state index in [0.29, 0.717) is 29.5 Å². The number of benzene rings is 1. The molecule has 1 aromatic carbocycles. The molecule has 0 aromatic heterocycles. The van der Waals surface area contributed by atoms with Crippen molar-refractivity contribution in [3.63, 3.8) is 0 Å². The third kappa shape index (κ3) is 3.56. The Morgan fingerprint density at radius 3 is 2.42 bits per heavy atom. The summed E-state index contributed by atoms with van der Waals surface area (Å²) in [7, 11) is 2.86. The van der Waals surface area contributed by atoms with Crippen LogP contribution in [0.1, 0.15) is 20.3 Å². The highest BCUT2D eigenvalue weighted by atomic mass is 16.5. The molecule has 0 saturated heterocycles. The van der Waals surface area contributed by atoms with Crippen LogP contribution in [0.5, 0.6) is 5.75 Å². The Morgan fingerprint density at radius 2 is 1.88 bits per heavy atom. The third-order valence-corrected chi connectivity index (χ3v) is 3.48. The van der Waals surface area contributed by atoms with Gasteiger partial charge in [0.05, 0.1) is 38.6 Å². The Labute approximate surface area is 140 Å². The second-order valence-electron chi connectivity index (χ2n) is 4.98. The molecule has 1 aliphatic heterocycles. The van der Waals surface area contributed by atoms with Gasteiger partial charge in [0, 0.05) is 0 Å². The molecule has 1 amide bonds. The largest absolute Gasteiger partial charge is 0.498 e. The Morgan fingerprint density at radius 1 is 1.21 bits per heavy atom. The molecule has 0 radical (unpaired) electrons. The van der Waals surface area contributed by atoms with E-state index < -0.39 is 5.97 Å². The van der Waals surface area contributed by atoms with E-state index in [0.717, 1.165) is 0 Å². The van der Waals surface area contributed by atoms with Crippen LogP contribution in [-0.4, -0.2) is 38.4 Å².